The number of imide groups is 1. The highest BCUT2D eigenvalue weighted by Gasteiger charge is 2.50. The lowest BCUT2D eigenvalue weighted by molar-refractivity contribution is -0.123. The maximum absolute atomic E-state index is 12.7. The van der Waals surface area contributed by atoms with Gasteiger partial charge in [0, 0.05) is 28.4 Å². The van der Waals surface area contributed by atoms with E-state index in [9.17, 15) is 19.2 Å². The molecule has 8 nitrogen and oxygen atoms in total. The van der Waals surface area contributed by atoms with Gasteiger partial charge in [0.1, 0.15) is 12.1 Å². The van der Waals surface area contributed by atoms with Crippen LogP contribution in [0.4, 0.5) is 16.2 Å². The molecule has 1 fully saturated rings. The number of anilines is 2. The van der Waals surface area contributed by atoms with E-state index in [2.05, 4.69) is 16.0 Å². The van der Waals surface area contributed by atoms with Crippen LogP contribution in [-0.4, -0.2) is 41.6 Å². The number of nitrogens with one attached hydrogen (secondary N) is 3. The van der Waals surface area contributed by atoms with Crippen molar-refractivity contribution < 1.29 is 19.2 Å². The van der Waals surface area contributed by atoms with Crippen molar-refractivity contribution in [3.05, 3.63) is 52.5 Å². The summed E-state index contributed by atoms with van der Waals surface area (Å²) in [5, 5.41) is 8.41. The van der Waals surface area contributed by atoms with Gasteiger partial charge in [-0.2, -0.15) is 0 Å². The second-order valence-electron chi connectivity index (χ2n) is 7.76. The van der Waals surface area contributed by atoms with Crippen LogP contribution in [0.15, 0.2) is 41.3 Å². The summed E-state index contributed by atoms with van der Waals surface area (Å²) < 4.78 is 0. The van der Waals surface area contributed by atoms with E-state index in [1.807, 2.05) is 6.07 Å². The number of benzene rings is 2. The second kappa shape index (κ2) is 7.28. The van der Waals surface area contributed by atoms with Gasteiger partial charge in [0.05, 0.1) is 11.4 Å². The summed E-state index contributed by atoms with van der Waals surface area (Å²) in [6.45, 7) is -0.118. The van der Waals surface area contributed by atoms with E-state index in [1.165, 1.54) is 16.7 Å². The molecule has 1 saturated heterocycles. The van der Waals surface area contributed by atoms with E-state index in [-0.39, 0.29) is 30.0 Å². The molecule has 158 valence electrons. The van der Waals surface area contributed by atoms with E-state index < -0.39 is 11.6 Å². The smallest absolute Gasteiger partial charge is 0.322 e. The van der Waals surface area contributed by atoms with Gasteiger partial charge in [0.25, 0.3) is 5.91 Å². The number of carbonyl (C=O) groups excluding carboxylic acids is 4. The van der Waals surface area contributed by atoms with Crippen LogP contribution in [0.1, 0.15) is 11.1 Å². The Bertz CT molecular complexity index is 1170. The van der Waals surface area contributed by atoms with Gasteiger partial charge in [-0.25, -0.2) is 4.79 Å². The number of fused-ring (bicyclic) bond motifs is 2. The number of amides is 5. The molecule has 3 aliphatic rings. The van der Waals surface area contributed by atoms with Crippen molar-refractivity contribution in [2.75, 3.05) is 22.5 Å². The zero-order chi connectivity index (χ0) is 21.8. The minimum Gasteiger partial charge on any atom is -0.325 e. The number of hydrogen-bond donors (Lipinski definition) is 3. The van der Waals surface area contributed by atoms with Gasteiger partial charge in [-0.3, -0.25) is 19.7 Å². The largest absolute Gasteiger partial charge is 0.325 e. The van der Waals surface area contributed by atoms with Gasteiger partial charge in [-0.05, 0) is 41.5 Å². The molecular formula is C21H17ClN4O4S. The number of urea groups is 1. The predicted octanol–water partition coefficient (Wildman–Crippen LogP) is 2.09. The third-order valence-electron chi connectivity index (χ3n) is 5.66. The minimum absolute atomic E-state index is 0.118. The first-order chi connectivity index (χ1) is 14.8. The number of carbonyl (C=O) groups is 4. The fourth-order valence-electron chi connectivity index (χ4n) is 4.23. The molecular weight excluding hydrogens is 440 g/mol. The van der Waals surface area contributed by atoms with E-state index in [0.29, 0.717) is 29.2 Å². The molecule has 2 aliphatic heterocycles. The van der Waals surface area contributed by atoms with Crippen molar-refractivity contribution >= 4 is 58.5 Å². The second-order valence-corrected chi connectivity index (χ2v) is 9.21. The summed E-state index contributed by atoms with van der Waals surface area (Å²) >= 11 is 7.44. The number of thioether (sulfide) groups is 1. The third-order valence-corrected chi connectivity index (χ3v) is 6.92. The maximum atomic E-state index is 12.7. The summed E-state index contributed by atoms with van der Waals surface area (Å²) in [5.41, 5.74) is 2.12. The molecule has 1 spiro atoms. The first-order valence-corrected chi connectivity index (χ1v) is 11.0. The number of hydrogen-bond acceptors (Lipinski definition) is 5. The molecule has 2 aromatic carbocycles. The van der Waals surface area contributed by atoms with Crippen molar-refractivity contribution in [2.24, 2.45) is 0 Å². The standard InChI is InChI=1S/C21H17ClN4O4S/c22-13-2-4-15-16(6-13)31-10-18(28)26(15)9-17(27)23-14-3-1-11-7-21(8-12(11)5-14)19(29)24-20(30)25-21/h1-6H,7-10H2,(H,23,27)(H2,24,25,29,30). The molecule has 2 heterocycles. The molecule has 5 amide bonds. The Hall–Kier alpha value is -3.04. The molecule has 0 bridgehead atoms. The van der Waals surface area contributed by atoms with Crippen molar-refractivity contribution in [1.29, 1.82) is 0 Å². The van der Waals surface area contributed by atoms with Gasteiger partial charge in [-0.1, -0.05) is 17.7 Å². The molecule has 1 aliphatic carbocycles. The number of rotatable bonds is 3. The zero-order valence-corrected chi connectivity index (χ0v) is 17.7. The van der Waals surface area contributed by atoms with Crippen LogP contribution in [-0.2, 0) is 27.2 Å². The maximum Gasteiger partial charge on any atom is 0.322 e. The SMILES string of the molecule is O=C(CN1C(=O)CSc2cc(Cl)ccc21)Nc1ccc2c(c1)CC1(C2)NC(=O)NC1=O. The number of halogens is 1. The lowest BCUT2D eigenvalue weighted by Crippen LogP contribution is -2.47. The monoisotopic (exact) mass is 456 g/mol. The summed E-state index contributed by atoms with van der Waals surface area (Å²) in [7, 11) is 0. The van der Waals surface area contributed by atoms with Crippen LogP contribution in [0, 0.1) is 0 Å². The summed E-state index contributed by atoms with van der Waals surface area (Å²) in [6, 6.07) is 10.1. The summed E-state index contributed by atoms with van der Waals surface area (Å²) in [6.07, 6.45) is 0.771. The highest BCUT2D eigenvalue weighted by molar-refractivity contribution is 8.00. The highest BCUT2D eigenvalue weighted by Crippen LogP contribution is 2.37. The van der Waals surface area contributed by atoms with Crippen molar-refractivity contribution in [2.45, 2.75) is 23.3 Å². The topological polar surface area (TPSA) is 108 Å². The van der Waals surface area contributed by atoms with Gasteiger partial charge in [0.15, 0.2) is 0 Å². The minimum atomic E-state index is -0.953. The van der Waals surface area contributed by atoms with Crippen molar-refractivity contribution in [3.63, 3.8) is 0 Å². The molecule has 0 radical (unpaired) electrons. The van der Waals surface area contributed by atoms with E-state index in [1.54, 1.807) is 30.3 Å². The van der Waals surface area contributed by atoms with Gasteiger partial charge in [-0.15, -0.1) is 11.8 Å². The third kappa shape index (κ3) is 3.53. The first-order valence-electron chi connectivity index (χ1n) is 9.61. The Labute approximate surface area is 186 Å². The summed E-state index contributed by atoms with van der Waals surface area (Å²) in [5.74, 6) is -0.566. The Balaban J connectivity index is 1.30. The van der Waals surface area contributed by atoms with Crippen LogP contribution in [0.5, 0.6) is 0 Å². The molecule has 0 aromatic heterocycles. The molecule has 5 rings (SSSR count). The fourth-order valence-corrected chi connectivity index (χ4v) is 5.43. The normalized spacial score (nSPS) is 21.6. The molecule has 10 heteroatoms. The average molecular weight is 457 g/mol. The number of nitrogens with zero attached hydrogens (tertiary/aromatic N) is 1. The zero-order valence-electron chi connectivity index (χ0n) is 16.2. The van der Waals surface area contributed by atoms with Gasteiger partial charge >= 0.3 is 6.03 Å². The molecule has 31 heavy (non-hydrogen) atoms. The molecule has 2 aromatic rings. The summed E-state index contributed by atoms with van der Waals surface area (Å²) in [4.78, 5) is 51.2. The van der Waals surface area contributed by atoms with Crippen LogP contribution in [0.2, 0.25) is 5.02 Å². The van der Waals surface area contributed by atoms with Gasteiger partial charge in [0.2, 0.25) is 11.8 Å². The van der Waals surface area contributed by atoms with E-state index >= 15 is 0 Å². The molecule has 1 atom stereocenters. The Morgan fingerprint density at radius 1 is 1.13 bits per heavy atom. The molecule has 1 unspecified atom stereocenters. The van der Waals surface area contributed by atoms with Crippen LogP contribution in [0.3, 0.4) is 0 Å². The Kier molecular flexibility index (Phi) is 4.67. The van der Waals surface area contributed by atoms with E-state index in [4.69, 9.17) is 11.6 Å². The van der Waals surface area contributed by atoms with Crippen LogP contribution < -0.4 is 20.9 Å². The lowest BCUT2D eigenvalue weighted by Gasteiger charge is -2.28. The first kappa shape index (κ1) is 19.9. The van der Waals surface area contributed by atoms with Crippen molar-refractivity contribution in [1.82, 2.24) is 10.6 Å². The Morgan fingerprint density at radius 2 is 1.94 bits per heavy atom. The fraction of sp³-hybridized carbons (Fsp3) is 0.238. The predicted molar refractivity (Wildman–Crippen MR) is 116 cm³/mol. The van der Waals surface area contributed by atoms with Crippen molar-refractivity contribution in [3.8, 4) is 0 Å². The van der Waals surface area contributed by atoms with Crippen LogP contribution >= 0.6 is 23.4 Å². The Morgan fingerprint density at radius 3 is 2.71 bits per heavy atom. The highest BCUT2D eigenvalue weighted by atomic mass is 35.5. The lowest BCUT2D eigenvalue weighted by atomic mass is 9.96. The van der Waals surface area contributed by atoms with E-state index in [0.717, 1.165) is 16.0 Å². The molecule has 3 N–H and O–H groups in total. The van der Waals surface area contributed by atoms with Crippen LogP contribution in [0.25, 0.3) is 0 Å². The average Bonchev–Trinajstić information content (AvgIpc) is 3.21. The molecule has 0 saturated carbocycles. The van der Waals surface area contributed by atoms with Gasteiger partial charge < -0.3 is 15.5 Å². The quantitative estimate of drug-likeness (QED) is 0.613.